The number of ether oxygens (including phenoxy) is 2. The van der Waals surface area contributed by atoms with E-state index in [1.165, 1.54) is 47.0 Å². The smallest absolute Gasteiger partial charge is 0.497 e. The molecule has 0 aliphatic carbocycles. The number of hydrogen-bond donors (Lipinski definition) is 0. The van der Waals surface area contributed by atoms with E-state index >= 15 is 0 Å². The predicted molar refractivity (Wildman–Crippen MR) is 146 cm³/mol. The van der Waals surface area contributed by atoms with Crippen LogP contribution in [0.15, 0.2) is 83.3 Å². The molecule has 3 aromatic carbocycles. The summed E-state index contributed by atoms with van der Waals surface area (Å²) in [6.07, 6.45) is -1.70. The number of aromatic nitrogens is 3. The number of anilines is 1. The number of halogens is 3. The van der Waals surface area contributed by atoms with Crippen molar-refractivity contribution in [3.05, 3.63) is 84.2 Å². The van der Waals surface area contributed by atoms with Crippen molar-refractivity contribution in [2.45, 2.75) is 13.3 Å². The number of hydrogen-bond acceptors (Lipinski definition) is 8. The van der Waals surface area contributed by atoms with Crippen LogP contribution in [0.3, 0.4) is 0 Å². The Labute approximate surface area is 231 Å². The number of methoxy groups -OCH3 is 1. The minimum Gasteiger partial charge on any atom is -0.497 e. The van der Waals surface area contributed by atoms with Gasteiger partial charge in [-0.15, -0.1) is 23.4 Å². The van der Waals surface area contributed by atoms with Gasteiger partial charge in [-0.2, -0.15) is 5.10 Å². The van der Waals surface area contributed by atoms with Crippen molar-refractivity contribution in [1.82, 2.24) is 14.8 Å². The first-order valence-electron chi connectivity index (χ1n) is 11.8. The summed E-state index contributed by atoms with van der Waals surface area (Å²) in [5.74, 6) is 1.02. The highest BCUT2D eigenvalue weighted by Gasteiger charge is 2.31. The summed E-state index contributed by atoms with van der Waals surface area (Å²) in [7, 11) is 1.59. The van der Waals surface area contributed by atoms with Crippen molar-refractivity contribution >= 4 is 34.7 Å². The molecule has 204 valence electrons. The Bertz CT molecular complexity index is 1580. The second-order valence-corrected chi connectivity index (χ2v) is 9.42. The van der Waals surface area contributed by atoms with Crippen LogP contribution in [0.2, 0.25) is 0 Å². The number of amidine groups is 1. The third-order valence-corrected chi connectivity index (χ3v) is 6.67. The van der Waals surface area contributed by atoms with Gasteiger partial charge in [0.1, 0.15) is 17.8 Å². The van der Waals surface area contributed by atoms with Gasteiger partial charge in [0, 0.05) is 5.56 Å². The molecule has 0 atom stereocenters. The summed E-state index contributed by atoms with van der Waals surface area (Å²) in [5.41, 5.74) is 3.64. The number of thioether (sulfide) groups is 1. The summed E-state index contributed by atoms with van der Waals surface area (Å²) < 4.78 is 47.7. The number of rotatable bonds is 7. The van der Waals surface area contributed by atoms with Crippen LogP contribution in [0, 0.1) is 6.92 Å². The average Bonchev–Trinajstić information content (AvgIpc) is 3.56. The minimum absolute atomic E-state index is 0.0749. The zero-order valence-electron chi connectivity index (χ0n) is 21.2. The van der Waals surface area contributed by atoms with Crippen molar-refractivity contribution in [3.63, 3.8) is 0 Å². The molecule has 4 aromatic rings. The Morgan fingerprint density at radius 3 is 2.42 bits per heavy atom. The van der Waals surface area contributed by atoms with Crippen LogP contribution in [-0.4, -0.2) is 51.3 Å². The lowest BCUT2D eigenvalue weighted by molar-refractivity contribution is -0.274. The van der Waals surface area contributed by atoms with Gasteiger partial charge in [-0.25, -0.2) is 9.67 Å². The van der Waals surface area contributed by atoms with Crippen LogP contribution in [0.4, 0.5) is 18.9 Å². The normalized spacial score (nSPS) is 14.9. The Balaban J connectivity index is 1.26. The van der Waals surface area contributed by atoms with Crippen molar-refractivity contribution < 1.29 is 27.4 Å². The maximum atomic E-state index is 12.5. The van der Waals surface area contributed by atoms with Crippen LogP contribution >= 0.6 is 11.8 Å². The number of aryl methyl sites for hydroxylation is 1. The zero-order chi connectivity index (χ0) is 28.3. The Kier molecular flexibility index (Phi) is 7.56. The van der Waals surface area contributed by atoms with Gasteiger partial charge in [0.05, 0.1) is 30.5 Å². The van der Waals surface area contributed by atoms with E-state index in [1.54, 1.807) is 24.3 Å². The molecule has 9 nitrogen and oxygen atoms in total. The Hall–Kier alpha value is -4.65. The number of carbonyl (C=O) groups is 1. The summed E-state index contributed by atoms with van der Waals surface area (Å²) in [5, 5.41) is 13.3. The number of nitrogens with zero attached hydrogens (tertiary/aromatic N) is 6. The first-order chi connectivity index (χ1) is 19.2. The average molecular weight is 567 g/mol. The standard InChI is InChI=1S/C27H21F3N6O3S/c1-17-13-22(38-2)11-12-23(17)36-24(37)15-40-26(36)33-32-14-18-3-5-19(6-4-18)25-31-16-35(34-25)20-7-9-21(10-8-20)39-27(28,29)30/h3-14,16H,15H2,1-2H3/b32-14+,33-26-. The zero-order valence-corrected chi connectivity index (χ0v) is 22.0. The van der Waals surface area contributed by atoms with E-state index in [2.05, 4.69) is 25.0 Å². The second-order valence-electron chi connectivity index (χ2n) is 8.47. The summed E-state index contributed by atoms with van der Waals surface area (Å²) in [4.78, 5) is 18.4. The van der Waals surface area contributed by atoms with Crippen LogP contribution < -0.4 is 14.4 Å². The molecule has 13 heteroatoms. The van der Waals surface area contributed by atoms with E-state index in [0.717, 1.165) is 22.4 Å². The molecule has 1 saturated heterocycles. The SMILES string of the molecule is COc1ccc(N2C(=O)CS/C2=N\N=C\c2ccc(-c3ncn(-c4ccc(OC(F)(F)F)cc4)n3)cc2)c(C)c1. The summed E-state index contributed by atoms with van der Waals surface area (Å²) in [6.45, 7) is 1.90. The molecule has 1 aromatic heterocycles. The Morgan fingerprint density at radius 2 is 1.75 bits per heavy atom. The number of alkyl halides is 3. The molecule has 0 radical (unpaired) electrons. The molecular formula is C27H21F3N6O3S. The quantitative estimate of drug-likeness (QED) is 0.213. The lowest BCUT2D eigenvalue weighted by atomic mass is 10.1. The lowest BCUT2D eigenvalue weighted by Gasteiger charge is -2.18. The highest BCUT2D eigenvalue weighted by Crippen LogP contribution is 2.31. The highest BCUT2D eigenvalue weighted by molar-refractivity contribution is 8.15. The van der Waals surface area contributed by atoms with E-state index < -0.39 is 6.36 Å². The van der Waals surface area contributed by atoms with Crippen molar-refractivity contribution in [2.75, 3.05) is 17.8 Å². The van der Waals surface area contributed by atoms with Gasteiger partial charge in [-0.05, 0) is 60.5 Å². The second kappa shape index (κ2) is 11.2. The molecule has 0 bridgehead atoms. The van der Waals surface area contributed by atoms with E-state index in [9.17, 15) is 18.0 Å². The molecule has 0 saturated carbocycles. The van der Waals surface area contributed by atoms with Gasteiger partial charge in [-0.1, -0.05) is 36.0 Å². The van der Waals surface area contributed by atoms with Crippen molar-refractivity contribution in [1.29, 1.82) is 0 Å². The van der Waals surface area contributed by atoms with Crippen LogP contribution in [-0.2, 0) is 4.79 Å². The van der Waals surface area contributed by atoms with Gasteiger partial charge < -0.3 is 9.47 Å². The lowest BCUT2D eigenvalue weighted by Crippen LogP contribution is -2.29. The highest BCUT2D eigenvalue weighted by atomic mass is 32.2. The number of benzene rings is 3. The molecule has 5 rings (SSSR count). The van der Waals surface area contributed by atoms with Gasteiger partial charge in [0.25, 0.3) is 0 Å². The molecule has 40 heavy (non-hydrogen) atoms. The molecular weight excluding hydrogens is 545 g/mol. The molecule has 1 amide bonds. The van der Waals surface area contributed by atoms with Gasteiger partial charge in [-0.3, -0.25) is 9.69 Å². The molecule has 0 N–H and O–H groups in total. The third kappa shape index (κ3) is 6.15. The van der Waals surface area contributed by atoms with E-state index in [4.69, 9.17) is 4.74 Å². The fourth-order valence-electron chi connectivity index (χ4n) is 3.86. The van der Waals surface area contributed by atoms with Crippen LogP contribution in [0.5, 0.6) is 11.5 Å². The number of amides is 1. The third-order valence-electron chi connectivity index (χ3n) is 5.76. The van der Waals surface area contributed by atoms with Crippen molar-refractivity contribution in [3.8, 4) is 28.6 Å². The molecule has 0 spiro atoms. The Morgan fingerprint density at radius 1 is 1.02 bits per heavy atom. The van der Waals surface area contributed by atoms with Gasteiger partial charge in [0.15, 0.2) is 11.0 Å². The summed E-state index contributed by atoms with van der Waals surface area (Å²) >= 11 is 1.32. The predicted octanol–water partition coefficient (Wildman–Crippen LogP) is 5.62. The maximum absolute atomic E-state index is 12.5. The fourth-order valence-corrected chi connectivity index (χ4v) is 4.68. The molecule has 1 aliphatic heterocycles. The minimum atomic E-state index is -4.75. The van der Waals surface area contributed by atoms with Gasteiger partial charge >= 0.3 is 6.36 Å². The maximum Gasteiger partial charge on any atom is 0.573 e. The van der Waals surface area contributed by atoms with Crippen molar-refractivity contribution in [2.24, 2.45) is 10.2 Å². The van der Waals surface area contributed by atoms with E-state index in [1.807, 2.05) is 43.3 Å². The van der Waals surface area contributed by atoms with E-state index in [-0.39, 0.29) is 17.4 Å². The molecule has 1 aliphatic rings. The number of carbonyl (C=O) groups excluding carboxylic acids is 1. The van der Waals surface area contributed by atoms with Gasteiger partial charge in [0.2, 0.25) is 5.91 Å². The largest absolute Gasteiger partial charge is 0.573 e. The monoisotopic (exact) mass is 566 g/mol. The first-order valence-corrected chi connectivity index (χ1v) is 12.8. The molecule has 1 fully saturated rings. The first kappa shape index (κ1) is 26.9. The summed E-state index contributed by atoms with van der Waals surface area (Å²) in [6, 6.07) is 18.1. The van der Waals surface area contributed by atoms with E-state index in [0.29, 0.717) is 22.4 Å². The van der Waals surface area contributed by atoms with Crippen LogP contribution in [0.25, 0.3) is 17.1 Å². The molecule has 2 heterocycles. The van der Waals surface area contributed by atoms with Crippen LogP contribution in [0.1, 0.15) is 11.1 Å². The molecule has 0 unspecified atom stereocenters. The topological polar surface area (TPSA) is 94.2 Å². The fraction of sp³-hybridized carbons (Fsp3) is 0.148.